The molecule has 0 fully saturated rings. The van der Waals surface area contributed by atoms with Crippen molar-refractivity contribution < 1.29 is 14.3 Å². The van der Waals surface area contributed by atoms with Gasteiger partial charge in [0.05, 0.1) is 25.0 Å². The third-order valence-electron chi connectivity index (χ3n) is 4.42. The van der Waals surface area contributed by atoms with E-state index in [-0.39, 0.29) is 18.1 Å². The standard InChI is InChI=1S/C23H24N2O3S2/c1-28-20-11-9-18(10-12-20)21(26)16-30-23-25-19(15-29-23)14-22(27)24-13-5-8-17-6-3-2-4-7-17/h2-4,6-7,9-12,15H,5,8,13-14,16H2,1H3,(H,24,27). The predicted molar refractivity (Wildman–Crippen MR) is 122 cm³/mol. The number of thioether (sulfide) groups is 1. The third kappa shape index (κ3) is 7.00. The maximum Gasteiger partial charge on any atom is 0.226 e. The first kappa shape index (κ1) is 22.1. The number of ketones is 1. The molecule has 3 aromatic rings. The van der Waals surface area contributed by atoms with E-state index in [1.807, 2.05) is 23.6 Å². The van der Waals surface area contributed by atoms with Crippen molar-refractivity contribution in [2.75, 3.05) is 19.4 Å². The van der Waals surface area contributed by atoms with Gasteiger partial charge in [0.2, 0.25) is 5.91 Å². The van der Waals surface area contributed by atoms with Crippen LogP contribution in [0, 0.1) is 0 Å². The molecule has 1 amide bonds. The van der Waals surface area contributed by atoms with Gasteiger partial charge >= 0.3 is 0 Å². The summed E-state index contributed by atoms with van der Waals surface area (Å²) in [6.07, 6.45) is 2.11. The Hall–Kier alpha value is -2.64. The molecule has 7 heteroatoms. The molecule has 1 N–H and O–H groups in total. The van der Waals surface area contributed by atoms with Gasteiger partial charge in [-0.3, -0.25) is 9.59 Å². The number of Topliss-reactive ketones (excluding diaryl/α,β-unsaturated/α-hetero) is 1. The number of ether oxygens (including phenoxy) is 1. The van der Waals surface area contributed by atoms with Crippen molar-refractivity contribution in [1.29, 1.82) is 0 Å². The van der Waals surface area contributed by atoms with Crippen molar-refractivity contribution in [3.8, 4) is 5.75 Å². The number of amides is 1. The summed E-state index contributed by atoms with van der Waals surface area (Å²) >= 11 is 2.86. The molecule has 0 aliphatic rings. The number of methoxy groups -OCH3 is 1. The van der Waals surface area contributed by atoms with E-state index in [9.17, 15) is 9.59 Å². The van der Waals surface area contributed by atoms with Crippen molar-refractivity contribution in [3.05, 3.63) is 76.8 Å². The Morgan fingerprint density at radius 3 is 2.60 bits per heavy atom. The maximum absolute atomic E-state index is 12.3. The van der Waals surface area contributed by atoms with Crippen LogP contribution in [0.5, 0.6) is 5.75 Å². The third-order valence-corrected chi connectivity index (χ3v) is 6.49. The highest BCUT2D eigenvalue weighted by Crippen LogP contribution is 2.24. The van der Waals surface area contributed by atoms with Crippen LogP contribution in [0.4, 0.5) is 0 Å². The van der Waals surface area contributed by atoms with E-state index in [0.29, 0.717) is 17.9 Å². The lowest BCUT2D eigenvalue weighted by molar-refractivity contribution is -0.120. The van der Waals surface area contributed by atoms with E-state index in [1.54, 1.807) is 31.4 Å². The Kier molecular flexibility index (Phi) is 8.47. The summed E-state index contributed by atoms with van der Waals surface area (Å²) in [6.45, 7) is 0.649. The number of nitrogens with one attached hydrogen (secondary N) is 1. The van der Waals surface area contributed by atoms with Crippen LogP contribution in [0.3, 0.4) is 0 Å². The van der Waals surface area contributed by atoms with Gasteiger partial charge in [-0.05, 0) is 42.7 Å². The highest BCUT2D eigenvalue weighted by Gasteiger charge is 2.11. The average Bonchev–Trinajstić information content (AvgIpc) is 3.23. The van der Waals surface area contributed by atoms with E-state index >= 15 is 0 Å². The normalized spacial score (nSPS) is 10.6. The number of aryl methyl sites for hydroxylation is 1. The molecule has 0 radical (unpaired) electrons. The summed E-state index contributed by atoms with van der Waals surface area (Å²) in [5.74, 6) is 1.04. The molecule has 1 heterocycles. The smallest absolute Gasteiger partial charge is 0.226 e. The fraction of sp³-hybridized carbons (Fsp3) is 0.261. The van der Waals surface area contributed by atoms with E-state index in [1.165, 1.54) is 28.7 Å². The monoisotopic (exact) mass is 440 g/mol. The van der Waals surface area contributed by atoms with Crippen LogP contribution in [0.25, 0.3) is 0 Å². The lowest BCUT2D eigenvalue weighted by Gasteiger charge is -2.04. The van der Waals surface area contributed by atoms with Gasteiger partial charge in [-0.25, -0.2) is 4.98 Å². The zero-order valence-electron chi connectivity index (χ0n) is 16.8. The number of hydrogen-bond acceptors (Lipinski definition) is 6. The van der Waals surface area contributed by atoms with Crippen LogP contribution >= 0.6 is 23.1 Å². The van der Waals surface area contributed by atoms with Crippen LogP contribution in [-0.2, 0) is 17.6 Å². The molecule has 0 spiro atoms. The number of rotatable bonds is 11. The Bertz CT molecular complexity index is 956. The first-order valence-corrected chi connectivity index (χ1v) is 11.6. The zero-order chi connectivity index (χ0) is 21.2. The van der Waals surface area contributed by atoms with Crippen LogP contribution in [0.15, 0.2) is 64.3 Å². The van der Waals surface area contributed by atoms with E-state index in [4.69, 9.17) is 4.74 Å². The van der Waals surface area contributed by atoms with Gasteiger partial charge in [0, 0.05) is 17.5 Å². The fourth-order valence-corrected chi connectivity index (χ4v) is 4.55. The molecule has 2 aromatic carbocycles. The van der Waals surface area contributed by atoms with Crippen LogP contribution in [0.1, 0.15) is 28.0 Å². The molecule has 1 aromatic heterocycles. The topological polar surface area (TPSA) is 68.3 Å². The second kappa shape index (κ2) is 11.5. The van der Waals surface area contributed by atoms with Crippen molar-refractivity contribution in [2.24, 2.45) is 0 Å². The molecular formula is C23H24N2O3S2. The summed E-state index contributed by atoms with van der Waals surface area (Å²) in [5, 5.41) is 4.82. The van der Waals surface area contributed by atoms with Gasteiger partial charge in [-0.2, -0.15) is 0 Å². The minimum Gasteiger partial charge on any atom is -0.497 e. The molecular weight excluding hydrogens is 416 g/mol. The van der Waals surface area contributed by atoms with E-state index < -0.39 is 0 Å². The summed E-state index contributed by atoms with van der Waals surface area (Å²) in [6, 6.07) is 17.3. The highest BCUT2D eigenvalue weighted by molar-refractivity contribution is 8.01. The molecule has 156 valence electrons. The highest BCUT2D eigenvalue weighted by atomic mass is 32.2. The summed E-state index contributed by atoms with van der Waals surface area (Å²) in [7, 11) is 1.59. The number of carbonyl (C=O) groups excluding carboxylic acids is 2. The second-order valence-electron chi connectivity index (χ2n) is 6.66. The van der Waals surface area contributed by atoms with Crippen molar-refractivity contribution in [1.82, 2.24) is 10.3 Å². The maximum atomic E-state index is 12.3. The first-order valence-electron chi connectivity index (χ1n) is 9.69. The van der Waals surface area contributed by atoms with Crippen LogP contribution < -0.4 is 10.1 Å². The van der Waals surface area contributed by atoms with Gasteiger partial charge in [0.15, 0.2) is 10.1 Å². The number of thiazole rings is 1. The first-order chi connectivity index (χ1) is 14.6. The van der Waals surface area contributed by atoms with Gasteiger partial charge in [0.25, 0.3) is 0 Å². The Morgan fingerprint density at radius 2 is 1.87 bits per heavy atom. The van der Waals surface area contributed by atoms with Crippen molar-refractivity contribution in [2.45, 2.75) is 23.6 Å². The number of benzene rings is 2. The van der Waals surface area contributed by atoms with E-state index in [0.717, 1.165) is 28.6 Å². The Labute approximate surface area is 184 Å². The number of hydrogen-bond donors (Lipinski definition) is 1. The van der Waals surface area contributed by atoms with Gasteiger partial charge < -0.3 is 10.1 Å². The molecule has 0 saturated heterocycles. The molecule has 5 nitrogen and oxygen atoms in total. The summed E-state index contributed by atoms with van der Waals surface area (Å²) < 4.78 is 5.90. The Balaban J connectivity index is 1.37. The largest absolute Gasteiger partial charge is 0.497 e. The van der Waals surface area contributed by atoms with Crippen molar-refractivity contribution in [3.63, 3.8) is 0 Å². The van der Waals surface area contributed by atoms with Gasteiger partial charge in [0.1, 0.15) is 5.75 Å². The molecule has 0 atom stereocenters. The minimum absolute atomic E-state index is 0.0285. The Morgan fingerprint density at radius 1 is 1.10 bits per heavy atom. The lowest BCUT2D eigenvalue weighted by atomic mass is 10.1. The molecule has 0 aliphatic heterocycles. The number of nitrogens with zero attached hydrogens (tertiary/aromatic N) is 1. The predicted octanol–water partition coefficient (Wildman–Crippen LogP) is 4.42. The molecule has 0 saturated carbocycles. The number of carbonyl (C=O) groups is 2. The molecule has 3 rings (SSSR count). The van der Waals surface area contributed by atoms with Gasteiger partial charge in [-0.15, -0.1) is 11.3 Å². The summed E-state index contributed by atoms with van der Waals surface area (Å²) in [4.78, 5) is 28.9. The average molecular weight is 441 g/mol. The van der Waals surface area contributed by atoms with Crippen LogP contribution in [-0.4, -0.2) is 36.1 Å². The minimum atomic E-state index is -0.0285. The summed E-state index contributed by atoms with van der Waals surface area (Å²) in [5.41, 5.74) is 2.66. The van der Waals surface area contributed by atoms with Crippen molar-refractivity contribution >= 4 is 34.8 Å². The molecule has 0 aliphatic carbocycles. The van der Waals surface area contributed by atoms with Gasteiger partial charge in [-0.1, -0.05) is 42.1 Å². The second-order valence-corrected chi connectivity index (χ2v) is 8.74. The number of aromatic nitrogens is 1. The zero-order valence-corrected chi connectivity index (χ0v) is 18.4. The quantitative estimate of drug-likeness (QED) is 0.272. The molecule has 0 bridgehead atoms. The molecule has 30 heavy (non-hydrogen) atoms. The molecule has 0 unspecified atom stereocenters. The fourth-order valence-electron chi connectivity index (χ4n) is 2.82. The lowest BCUT2D eigenvalue weighted by Crippen LogP contribution is -2.26. The van der Waals surface area contributed by atoms with Crippen LogP contribution in [0.2, 0.25) is 0 Å². The SMILES string of the molecule is COc1ccc(C(=O)CSc2nc(CC(=O)NCCCc3ccccc3)cs2)cc1. The van der Waals surface area contributed by atoms with E-state index in [2.05, 4.69) is 22.4 Å².